The monoisotopic (exact) mass is 628 g/mol. The van der Waals surface area contributed by atoms with Crippen LogP contribution in [0.1, 0.15) is 47.9 Å². The van der Waals surface area contributed by atoms with Gasteiger partial charge >= 0.3 is 37.9 Å². The molecular formula is C34H32Cl2SiZr. The molecule has 0 saturated carbocycles. The second-order valence-electron chi connectivity index (χ2n) is 10.2. The van der Waals surface area contributed by atoms with Crippen molar-refractivity contribution < 1.29 is 20.8 Å². The van der Waals surface area contributed by atoms with Crippen molar-refractivity contribution in [1.82, 2.24) is 0 Å². The van der Waals surface area contributed by atoms with Crippen LogP contribution in [0.5, 0.6) is 0 Å². The Balaban J connectivity index is 0.000000937. The molecule has 0 radical (unpaired) electrons. The van der Waals surface area contributed by atoms with E-state index >= 15 is 0 Å². The van der Waals surface area contributed by atoms with Crippen LogP contribution in [-0.2, 0) is 20.8 Å². The van der Waals surface area contributed by atoms with Crippen LogP contribution in [0.4, 0.5) is 0 Å². The van der Waals surface area contributed by atoms with Gasteiger partial charge in [-0.05, 0) is 58.4 Å². The first-order valence-corrected chi connectivity index (χ1v) is 21.6. The predicted octanol–water partition coefficient (Wildman–Crippen LogP) is 10.1. The molecule has 0 N–H and O–H groups in total. The molecular weight excluding hydrogens is 599 g/mol. The first kappa shape index (κ1) is 27.6. The van der Waals surface area contributed by atoms with E-state index in [9.17, 15) is 0 Å². The van der Waals surface area contributed by atoms with Crippen LogP contribution >= 0.6 is 17.0 Å². The Hall–Kier alpha value is -1.96. The van der Waals surface area contributed by atoms with E-state index in [1.807, 2.05) is 0 Å². The van der Waals surface area contributed by atoms with E-state index in [1.54, 1.807) is 22.3 Å². The average molecular weight is 631 g/mol. The van der Waals surface area contributed by atoms with Gasteiger partial charge in [0, 0.05) is 21.4 Å². The molecule has 0 heterocycles. The molecule has 4 heteroatoms. The van der Waals surface area contributed by atoms with Gasteiger partial charge in [0.1, 0.15) is 0 Å². The molecule has 0 nitrogen and oxygen atoms in total. The maximum absolute atomic E-state index is 4.93. The van der Waals surface area contributed by atoms with E-state index < -0.39 is 20.8 Å². The van der Waals surface area contributed by atoms with Gasteiger partial charge in [0.05, 0.1) is 0 Å². The molecule has 2 aliphatic carbocycles. The van der Waals surface area contributed by atoms with Gasteiger partial charge in [-0.1, -0.05) is 132 Å². The van der Waals surface area contributed by atoms with Crippen LogP contribution < -0.4 is 0 Å². The molecule has 0 amide bonds. The number of halogens is 2. The Morgan fingerprint density at radius 3 is 1.37 bits per heavy atom. The van der Waals surface area contributed by atoms with Gasteiger partial charge in [0.15, 0.2) is 0 Å². The molecule has 2 aliphatic rings. The minimum atomic E-state index is -0.826. The van der Waals surface area contributed by atoms with E-state index in [1.165, 1.54) is 45.5 Å². The first-order valence-electron chi connectivity index (χ1n) is 13.3. The molecule has 4 aromatic rings. The van der Waals surface area contributed by atoms with Crippen molar-refractivity contribution in [3.05, 3.63) is 130 Å². The van der Waals surface area contributed by atoms with Crippen molar-refractivity contribution >= 4 is 38.7 Å². The molecule has 190 valence electrons. The Labute approximate surface area is 248 Å². The molecule has 0 spiro atoms. The van der Waals surface area contributed by atoms with Crippen molar-refractivity contribution in [2.75, 3.05) is 0 Å². The molecule has 0 bridgehead atoms. The van der Waals surface area contributed by atoms with Gasteiger partial charge in [-0.2, -0.15) is 0 Å². The van der Waals surface area contributed by atoms with Crippen molar-refractivity contribution in [2.45, 2.75) is 37.8 Å². The molecule has 2 unspecified atom stereocenters. The standard InChI is InChI=1S/C34H32Si.2ClH.Zr/c1-23-19-31-27(25-11-5-3-6-12-25)15-9-17-29(31)33(23)21-35-22-34-24(2)20-32-28(16-10-18-30(32)34)26-13-7-4-8-14-26;;;/h3-20,33-34H,21-22,35H2,1-2H3;2*1H;/q;;;+2/p-2. The summed E-state index contributed by atoms with van der Waals surface area (Å²) < 4.78 is 0. The van der Waals surface area contributed by atoms with Gasteiger partial charge in [-0.3, -0.25) is 0 Å². The molecule has 0 fully saturated rings. The number of fused-ring (bicyclic) bond motifs is 2. The summed E-state index contributed by atoms with van der Waals surface area (Å²) in [6, 6.07) is 38.2. The summed E-state index contributed by atoms with van der Waals surface area (Å²) in [6.07, 6.45) is 4.91. The van der Waals surface area contributed by atoms with Crippen molar-refractivity contribution in [3.63, 3.8) is 0 Å². The molecule has 6 rings (SSSR count). The number of hydrogen-bond acceptors (Lipinski definition) is 0. The zero-order valence-electron chi connectivity index (χ0n) is 21.9. The second-order valence-corrected chi connectivity index (χ2v) is 15.8. The van der Waals surface area contributed by atoms with Crippen LogP contribution in [0.3, 0.4) is 0 Å². The van der Waals surface area contributed by atoms with Crippen LogP contribution in [0.15, 0.2) is 108 Å². The number of hydrogen-bond donors (Lipinski definition) is 0. The zero-order chi connectivity index (χ0) is 26.5. The van der Waals surface area contributed by atoms with Crippen molar-refractivity contribution in [3.8, 4) is 22.3 Å². The topological polar surface area (TPSA) is 0 Å². The Morgan fingerprint density at radius 2 is 0.974 bits per heavy atom. The summed E-state index contributed by atoms with van der Waals surface area (Å²) in [5.41, 5.74) is 14.5. The fourth-order valence-corrected chi connectivity index (χ4v) is 8.86. The van der Waals surface area contributed by atoms with E-state index in [4.69, 9.17) is 17.0 Å². The molecule has 0 saturated heterocycles. The van der Waals surface area contributed by atoms with Gasteiger partial charge in [-0.15, -0.1) is 0 Å². The Bertz CT molecular complexity index is 1350. The quantitative estimate of drug-likeness (QED) is 0.186. The van der Waals surface area contributed by atoms with Crippen molar-refractivity contribution in [2.24, 2.45) is 0 Å². The summed E-state index contributed by atoms with van der Waals surface area (Å²) in [5, 5.41) is 0. The summed E-state index contributed by atoms with van der Waals surface area (Å²) >= 11 is -0.826. The van der Waals surface area contributed by atoms with Crippen LogP contribution in [0.25, 0.3) is 34.4 Å². The van der Waals surface area contributed by atoms with Gasteiger partial charge in [0.25, 0.3) is 0 Å². The van der Waals surface area contributed by atoms with E-state index in [0.29, 0.717) is 11.8 Å². The Kier molecular flexibility index (Phi) is 9.39. The third kappa shape index (κ3) is 5.80. The molecule has 4 aromatic carbocycles. The molecule has 2 atom stereocenters. The van der Waals surface area contributed by atoms with Gasteiger partial charge in [-0.25, -0.2) is 0 Å². The normalized spacial score (nSPS) is 17.4. The van der Waals surface area contributed by atoms with Gasteiger partial charge < -0.3 is 0 Å². The summed E-state index contributed by atoms with van der Waals surface area (Å²) in [6.45, 7) is 4.69. The molecule has 0 aliphatic heterocycles. The molecule has 38 heavy (non-hydrogen) atoms. The number of benzene rings is 4. The molecule has 0 aromatic heterocycles. The number of rotatable bonds is 6. The Morgan fingerprint density at radius 1 is 0.579 bits per heavy atom. The summed E-state index contributed by atoms with van der Waals surface area (Å²) in [4.78, 5) is 0. The maximum atomic E-state index is 4.93. The third-order valence-corrected chi connectivity index (χ3v) is 10.0. The zero-order valence-corrected chi connectivity index (χ0v) is 27.3. The first-order chi connectivity index (χ1) is 18.6. The van der Waals surface area contributed by atoms with Crippen molar-refractivity contribution in [1.29, 1.82) is 0 Å². The van der Waals surface area contributed by atoms with E-state index in [2.05, 4.69) is 123 Å². The fourth-order valence-electron chi connectivity index (χ4n) is 6.27. The summed E-state index contributed by atoms with van der Waals surface area (Å²) in [5.74, 6) is 1.20. The van der Waals surface area contributed by atoms with Crippen LogP contribution in [0.2, 0.25) is 12.1 Å². The fraction of sp³-hybridized carbons (Fsp3) is 0.176. The average Bonchev–Trinajstić information content (AvgIpc) is 3.45. The van der Waals surface area contributed by atoms with E-state index in [0.717, 1.165) is 0 Å². The third-order valence-electron chi connectivity index (χ3n) is 8.03. The minimum absolute atomic E-state index is 0.222. The van der Waals surface area contributed by atoms with Gasteiger partial charge in [0.2, 0.25) is 0 Å². The predicted molar refractivity (Wildman–Crippen MR) is 166 cm³/mol. The number of allylic oxidation sites excluding steroid dienone is 2. The summed E-state index contributed by atoms with van der Waals surface area (Å²) in [7, 11) is 9.65. The van der Waals surface area contributed by atoms with E-state index in [-0.39, 0.29) is 9.52 Å². The van der Waals surface area contributed by atoms with Crippen LogP contribution in [-0.4, -0.2) is 9.52 Å². The van der Waals surface area contributed by atoms with Crippen LogP contribution in [0, 0.1) is 0 Å². The SMILES string of the molecule is CC1=Cc2c(-c3ccccc3)cccc2C1C[SiH2]CC1C(C)=Cc2c(-c3ccccc3)cccc21.[Cl][Zr][Cl]. The second kappa shape index (κ2) is 12.9.